The lowest BCUT2D eigenvalue weighted by atomic mass is 9.88. The molecule has 0 amide bonds. The molecule has 0 N–H and O–H groups in total. The summed E-state index contributed by atoms with van der Waals surface area (Å²) in [5.41, 5.74) is 0. The predicted octanol–water partition coefficient (Wildman–Crippen LogP) is 2.22. The molecular weight excluding hydrogens is 224 g/mol. The number of rotatable bonds is 5. The van der Waals surface area contributed by atoms with Crippen LogP contribution in [0.25, 0.3) is 0 Å². The zero-order chi connectivity index (χ0) is 12.8. The normalized spacial score (nSPS) is 31.7. The van der Waals surface area contributed by atoms with E-state index in [-0.39, 0.29) is 0 Å². The van der Waals surface area contributed by atoms with Crippen LogP contribution in [-0.2, 0) is 4.74 Å². The van der Waals surface area contributed by atoms with Crippen molar-refractivity contribution in [1.29, 1.82) is 0 Å². The zero-order valence-electron chi connectivity index (χ0n) is 12.2. The van der Waals surface area contributed by atoms with Crippen molar-refractivity contribution in [3.63, 3.8) is 0 Å². The topological polar surface area (TPSA) is 15.7 Å². The lowest BCUT2D eigenvalue weighted by molar-refractivity contribution is -0.0177. The van der Waals surface area contributed by atoms with Gasteiger partial charge in [0.15, 0.2) is 0 Å². The molecule has 0 bridgehead atoms. The van der Waals surface area contributed by atoms with Crippen LogP contribution in [0.2, 0.25) is 0 Å². The van der Waals surface area contributed by atoms with E-state index in [4.69, 9.17) is 4.74 Å². The van der Waals surface area contributed by atoms with Gasteiger partial charge in [-0.3, -0.25) is 4.90 Å². The molecule has 2 aliphatic rings. The molecule has 1 aliphatic heterocycles. The molecule has 0 aromatic carbocycles. The maximum atomic E-state index is 6.10. The van der Waals surface area contributed by atoms with Gasteiger partial charge in [-0.1, -0.05) is 26.7 Å². The van der Waals surface area contributed by atoms with Gasteiger partial charge in [0.05, 0.1) is 12.7 Å². The summed E-state index contributed by atoms with van der Waals surface area (Å²) in [5.74, 6) is 0.774. The summed E-state index contributed by atoms with van der Waals surface area (Å²) in [7, 11) is 0. The van der Waals surface area contributed by atoms with Gasteiger partial charge in [0.2, 0.25) is 0 Å². The van der Waals surface area contributed by atoms with E-state index in [1.165, 1.54) is 58.4 Å². The van der Waals surface area contributed by atoms with E-state index < -0.39 is 0 Å². The summed E-state index contributed by atoms with van der Waals surface area (Å²) in [6, 6.07) is 0. The van der Waals surface area contributed by atoms with E-state index in [0.29, 0.717) is 6.10 Å². The minimum Gasteiger partial charge on any atom is -0.377 e. The second-order valence-electron chi connectivity index (χ2n) is 5.95. The quantitative estimate of drug-likeness (QED) is 0.748. The van der Waals surface area contributed by atoms with E-state index in [9.17, 15) is 0 Å². The number of hydrogen-bond donors (Lipinski definition) is 0. The van der Waals surface area contributed by atoms with Gasteiger partial charge in [0.25, 0.3) is 0 Å². The number of ether oxygens (including phenoxy) is 1. The molecular formula is C15H30N2O. The number of piperazine rings is 1. The molecule has 2 atom stereocenters. The maximum Gasteiger partial charge on any atom is 0.0601 e. The van der Waals surface area contributed by atoms with Crippen molar-refractivity contribution < 1.29 is 4.74 Å². The predicted molar refractivity (Wildman–Crippen MR) is 75.9 cm³/mol. The van der Waals surface area contributed by atoms with E-state index in [1.54, 1.807) is 0 Å². The standard InChI is InChI=1S/C15H30N2O/c1-3-16-8-10-17(11-9-16)12-13-18-15-7-5-4-6-14(15)2/h14-15H,3-13H2,1-2H3/t14-,15+/m0/s1. The second-order valence-corrected chi connectivity index (χ2v) is 5.95. The first kappa shape index (κ1) is 14.3. The first-order valence-electron chi connectivity index (χ1n) is 7.86. The summed E-state index contributed by atoms with van der Waals surface area (Å²) >= 11 is 0. The molecule has 1 heterocycles. The smallest absolute Gasteiger partial charge is 0.0601 e. The van der Waals surface area contributed by atoms with E-state index in [1.807, 2.05) is 0 Å². The van der Waals surface area contributed by atoms with Crippen molar-refractivity contribution in [2.75, 3.05) is 45.9 Å². The fourth-order valence-corrected chi connectivity index (χ4v) is 3.19. The largest absolute Gasteiger partial charge is 0.377 e. The van der Waals surface area contributed by atoms with Gasteiger partial charge in [-0.25, -0.2) is 0 Å². The van der Waals surface area contributed by atoms with E-state index >= 15 is 0 Å². The molecule has 1 saturated carbocycles. The van der Waals surface area contributed by atoms with Crippen LogP contribution in [0.15, 0.2) is 0 Å². The molecule has 1 saturated heterocycles. The molecule has 3 nitrogen and oxygen atoms in total. The third-order valence-electron chi connectivity index (χ3n) is 4.68. The van der Waals surface area contributed by atoms with Crippen LogP contribution < -0.4 is 0 Å². The number of nitrogens with zero attached hydrogens (tertiary/aromatic N) is 2. The fraction of sp³-hybridized carbons (Fsp3) is 1.00. The summed E-state index contributed by atoms with van der Waals surface area (Å²) < 4.78 is 6.10. The van der Waals surface area contributed by atoms with Gasteiger partial charge in [-0.15, -0.1) is 0 Å². The third kappa shape index (κ3) is 4.22. The highest BCUT2D eigenvalue weighted by molar-refractivity contribution is 4.74. The molecule has 2 fully saturated rings. The Morgan fingerprint density at radius 3 is 2.33 bits per heavy atom. The van der Waals surface area contributed by atoms with Gasteiger partial charge in [0, 0.05) is 32.7 Å². The van der Waals surface area contributed by atoms with Gasteiger partial charge < -0.3 is 9.64 Å². The minimum absolute atomic E-state index is 0.538. The third-order valence-corrected chi connectivity index (χ3v) is 4.68. The number of hydrogen-bond acceptors (Lipinski definition) is 3. The highest BCUT2D eigenvalue weighted by atomic mass is 16.5. The summed E-state index contributed by atoms with van der Waals surface area (Å²) in [4.78, 5) is 5.08. The van der Waals surface area contributed by atoms with Crippen molar-refractivity contribution in [3.8, 4) is 0 Å². The van der Waals surface area contributed by atoms with Crippen LogP contribution in [0.3, 0.4) is 0 Å². The Morgan fingerprint density at radius 2 is 1.67 bits per heavy atom. The molecule has 106 valence electrons. The summed E-state index contributed by atoms with van der Waals surface area (Å²) in [6.07, 6.45) is 5.95. The molecule has 1 aliphatic carbocycles. The zero-order valence-corrected chi connectivity index (χ0v) is 12.2. The lowest BCUT2D eigenvalue weighted by Crippen LogP contribution is -2.47. The van der Waals surface area contributed by atoms with Crippen molar-refractivity contribution in [2.24, 2.45) is 5.92 Å². The van der Waals surface area contributed by atoms with Crippen LogP contribution in [0.4, 0.5) is 0 Å². The van der Waals surface area contributed by atoms with Gasteiger partial charge in [0.1, 0.15) is 0 Å². The molecule has 0 aromatic heterocycles. The Morgan fingerprint density at radius 1 is 1.00 bits per heavy atom. The Labute approximate surface area is 112 Å². The summed E-state index contributed by atoms with van der Waals surface area (Å²) in [6.45, 7) is 12.8. The second kappa shape index (κ2) is 7.46. The highest BCUT2D eigenvalue weighted by Crippen LogP contribution is 2.26. The van der Waals surface area contributed by atoms with Crippen molar-refractivity contribution in [3.05, 3.63) is 0 Å². The average molecular weight is 254 g/mol. The van der Waals surface area contributed by atoms with Crippen LogP contribution in [0.5, 0.6) is 0 Å². The first-order chi connectivity index (χ1) is 8.79. The molecule has 0 radical (unpaired) electrons. The Balaban J connectivity index is 1.58. The Kier molecular flexibility index (Phi) is 5.93. The molecule has 0 spiro atoms. The van der Waals surface area contributed by atoms with Gasteiger partial charge in [-0.2, -0.15) is 0 Å². The lowest BCUT2D eigenvalue weighted by Gasteiger charge is -2.35. The Hall–Kier alpha value is -0.120. The number of likely N-dealkylation sites (N-methyl/N-ethyl adjacent to an activating group) is 1. The molecule has 3 heteroatoms. The SMILES string of the molecule is CCN1CCN(CCO[C@@H]2CCCC[C@@H]2C)CC1. The van der Waals surface area contributed by atoms with Crippen molar-refractivity contribution >= 4 is 0 Å². The molecule has 0 unspecified atom stereocenters. The highest BCUT2D eigenvalue weighted by Gasteiger charge is 2.22. The monoisotopic (exact) mass is 254 g/mol. The van der Waals surface area contributed by atoms with E-state index in [0.717, 1.165) is 19.1 Å². The summed E-state index contributed by atoms with van der Waals surface area (Å²) in [5, 5.41) is 0. The molecule has 18 heavy (non-hydrogen) atoms. The maximum absolute atomic E-state index is 6.10. The van der Waals surface area contributed by atoms with E-state index in [2.05, 4.69) is 23.6 Å². The van der Waals surface area contributed by atoms with Gasteiger partial charge >= 0.3 is 0 Å². The van der Waals surface area contributed by atoms with Crippen LogP contribution in [-0.4, -0.2) is 61.8 Å². The van der Waals surface area contributed by atoms with Crippen LogP contribution in [0.1, 0.15) is 39.5 Å². The fourth-order valence-electron chi connectivity index (χ4n) is 3.19. The Bertz CT molecular complexity index is 227. The minimum atomic E-state index is 0.538. The van der Waals surface area contributed by atoms with Crippen LogP contribution in [0, 0.1) is 5.92 Å². The van der Waals surface area contributed by atoms with Crippen molar-refractivity contribution in [1.82, 2.24) is 9.80 Å². The van der Waals surface area contributed by atoms with Crippen LogP contribution >= 0.6 is 0 Å². The molecule has 0 aromatic rings. The first-order valence-corrected chi connectivity index (χ1v) is 7.86. The van der Waals surface area contributed by atoms with Gasteiger partial charge in [-0.05, 0) is 25.3 Å². The average Bonchev–Trinajstić information content (AvgIpc) is 2.42. The molecule has 2 rings (SSSR count). The van der Waals surface area contributed by atoms with Crippen molar-refractivity contribution in [2.45, 2.75) is 45.6 Å².